The van der Waals surface area contributed by atoms with Gasteiger partial charge in [-0.15, -0.1) is 9.47 Å². The van der Waals surface area contributed by atoms with Crippen LogP contribution in [0.5, 0.6) is 5.75 Å². The summed E-state index contributed by atoms with van der Waals surface area (Å²) in [6.07, 6.45) is 1.44. The molecule has 4 rings (SSSR count). The second-order valence-corrected chi connectivity index (χ2v) is 5.32. The first-order valence-corrected chi connectivity index (χ1v) is 7.62. The third-order valence-electron chi connectivity index (χ3n) is 3.90. The van der Waals surface area contributed by atoms with E-state index in [0.717, 1.165) is 4.90 Å². The van der Waals surface area contributed by atoms with E-state index in [1.165, 1.54) is 10.8 Å². The smallest absolute Gasteiger partial charge is 0.494 e. The fourth-order valence-electron chi connectivity index (χ4n) is 2.82. The molecule has 0 N–H and O–H groups in total. The van der Waals surface area contributed by atoms with Crippen molar-refractivity contribution in [3.8, 4) is 5.75 Å². The summed E-state index contributed by atoms with van der Waals surface area (Å²) in [4.78, 5) is 30.9. The summed E-state index contributed by atoms with van der Waals surface area (Å²) < 4.78 is 6.80. The number of nitrogens with zero attached hydrogens (tertiary/aromatic N) is 3. The minimum Gasteiger partial charge on any atom is -0.494 e. The molecule has 0 aliphatic carbocycles. The van der Waals surface area contributed by atoms with Crippen LogP contribution in [0.15, 0.2) is 54.7 Å². The van der Waals surface area contributed by atoms with Gasteiger partial charge in [-0.3, -0.25) is 0 Å². The molecule has 0 atom stereocenters. The number of carbonyl (C=O) groups is 2. The molecule has 1 aromatic heterocycles. The van der Waals surface area contributed by atoms with Crippen LogP contribution in [-0.4, -0.2) is 23.5 Å². The van der Waals surface area contributed by atoms with Gasteiger partial charge in [-0.1, -0.05) is 12.1 Å². The van der Waals surface area contributed by atoms with Crippen molar-refractivity contribution in [3.05, 3.63) is 60.4 Å². The zero-order valence-corrected chi connectivity index (χ0v) is 13.0. The number of hydrogen-bond donors (Lipinski definition) is 0. The van der Waals surface area contributed by atoms with Crippen molar-refractivity contribution in [2.24, 2.45) is 0 Å². The van der Waals surface area contributed by atoms with Crippen molar-refractivity contribution in [1.82, 2.24) is 4.98 Å². The summed E-state index contributed by atoms with van der Waals surface area (Å²) in [6.45, 7) is 2.45. The number of anilines is 1. The highest BCUT2D eigenvalue weighted by molar-refractivity contribution is 6.21. The number of ether oxygens (including phenoxy) is 1. The fraction of sp³-hybridized carbons (Fsp3) is 0.111. The van der Waals surface area contributed by atoms with Gasteiger partial charge in [-0.25, -0.2) is 9.78 Å². The van der Waals surface area contributed by atoms with Crippen molar-refractivity contribution in [3.63, 3.8) is 0 Å². The molecule has 0 radical (unpaired) electrons. The number of amides is 2. The maximum absolute atomic E-state index is 12.8. The van der Waals surface area contributed by atoms with Gasteiger partial charge in [-0.2, -0.15) is 4.79 Å². The second kappa shape index (κ2) is 5.42. The van der Waals surface area contributed by atoms with Crippen molar-refractivity contribution in [2.75, 3.05) is 11.5 Å². The van der Waals surface area contributed by atoms with Crippen LogP contribution in [0.25, 0.3) is 11.0 Å². The molecule has 2 heterocycles. The Bertz CT molecular complexity index is 967. The van der Waals surface area contributed by atoms with Crippen molar-refractivity contribution < 1.29 is 18.9 Å². The molecule has 0 saturated carbocycles. The number of imide groups is 1. The predicted molar refractivity (Wildman–Crippen MR) is 87.2 cm³/mol. The van der Waals surface area contributed by atoms with E-state index in [9.17, 15) is 9.59 Å². The Balaban J connectivity index is 1.80. The van der Waals surface area contributed by atoms with E-state index >= 15 is 0 Å². The summed E-state index contributed by atoms with van der Waals surface area (Å²) in [5, 5.41) is 0. The highest BCUT2D eigenvalue weighted by Gasteiger charge is 2.48. The Hall–Kier alpha value is -3.28. The zero-order valence-electron chi connectivity index (χ0n) is 13.0. The summed E-state index contributed by atoms with van der Waals surface area (Å²) in [7, 11) is 0. The number of benzene rings is 2. The standard InChI is InChI=1S/C18H14N3O3/c1-2-24-13-9-7-12(8-10-13)20-17(22)16-11-19-14-5-3-4-6-15(14)21(16)18(20)23/h3-11H,2H2,1H3/q+1. The van der Waals surface area contributed by atoms with Gasteiger partial charge < -0.3 is 4.74 Å². The molecule has 3 aromatic rings. The molecule has 6 heteroatoms. The van der Waals surface area contributed by atoms with Gasteiger partial charge in [-0.05, 0) is 43.3 Å². The number of hydrogen-bond acceptors (Lipinski definition) is 4. The van der Waals surface area contributed by atoms with Crippen molar-refractivity contribution in [1.29, 1.82) is 0 Å². The lowest BCUT2D eigenvalue weighted by Gasteiger charge is -2.06. The zero-order chi connectivity index (χ0) is 16.7. The molecule has 24 heavy (non-hydrogen) atoms. The Kier molecular flexibility index (Phi) is 3.23. The summed E-state index contributed by atoms with van der Waals surface area (Å²) >= 11 is 0. The summed E-state index contributed by atoms with van der Waals surface area (Å²) in [5.41, 5.74) is 2.03. The van der Waals surface area contributed by atoms with E-state index in [2.05, 4.69) is 4.98 Å². The molecule has 118 valence electrons. The van der Waals surface area contributed by atoms with Crippen molar-refractivity contribution >= 4 is 28.7 Å². The molecule has 0 spiro atoms. The molecule has 2 amide bonds. The van der Waals surface area contributed by atoms with E-state index in [1.54, 1.807) is 36.4 Å². The van der Waals surface area contributed by atoms with Gasteiger partial charge in [0.1, 0.15) is 17.0 Å². The number of para-hydroxylation sites is 2. The number of aromatic nitrogens is 2. The highest BCUT2D eigenvalue weighted by atomic mass is 16.5. The summed E-state index contributed by atoms with van der Waals surface area (Å²) in [6, 6.07) is 13.7. The normalized spacial score (nSPS) is 13.5. The van der Waals surface area contributed by atoms with Gasteiger partial charge >= 0.3 is 11.9 Å². The Morgan fingerprint density at radius 1 is 1.08 bits per heavy atom. The Morgan fingerprint density at radius 3 is 2.58 bits per heavy atom. The van der Waals surface area contributed by atoms with Gasteiger partial charge in [0.15, 0.2) is 5.52 Å². The Labute approximate surface area is 137 Å². The third kappa shape index (κ3) is 2.04. The minimum absolute atomic E-state index is 0.257. The average Bonchev–Trinajstić information content (AvgIpc) is 2.87. The first-order chi connectivity index (χ1) is 11.7. The number of carbonyl (C=O) groups excluding carboxylic acids is 2. The Morgan fingerprint density at radius 2 is 1.83 bits per heavy atom. The van der Waals surface area contributed by atoms with E-state index in [0.29, 0.717) is 29.1 Å². The summed E-state index contributed by atoms with van der Waals surface area (Å²) in [5.74, 6) is 0.306. The largest absolute Gasteiger partial charge is 0.512 e. The van der Waals surface area contributed by atoms with Crippen LogP contribution in [0.4, 0.5) is 10.5 Å². The second-order valence-electron chi connectivity index (χ2n) is 5.32. The van der Waals surface area contributed by atoms with E-state index in [1.807, 2.05) is 19.1 Å². The van der Waals surface area contributed by atoms with Crippen LogP contribution in [0, 0.1) is 0 Å². The van der Waals surface area contributed by atoms with Crippen LogP contribution >= 0.6 is 0 Å². The van der Waals surface area contributed by atoms with Crippen LogP contribution < -0.4 is 14.2 Å². The van der Waals surface area contributed by atoms with Crippen LogP contribution in [-0.2, 0) is 0 Å². The lowest BCUT2D eigenvalue weighted by Crippen LogP contribution is -2.46. The number of rotatable bonds is 3. The molecule has 0 fully saturated rings. The lowest BCUT2D eigenvalue weighted by molar-refractivity contribution is -0.537. The quantitative estimate of drug-likeness (QED) is 0.696. The molecule has 1 aliphatic heterocycles. The van der Waals surface area contributed by atoms with E-state index < -0.39 is 6.03 Å². The third-order valence-corrected chi connectivity index (χ3v) is 3.90. The molecule has 2 aromatic carbocycles. The van der Waals surface area contributed by atoms with Crippen LogP contribution in [0.3, 0.4) is 0 Å². The molecular weight excluding hydrogens is 306 g/mol. The molecule has 6 nitrogen and oxygen atoms in total. The van der Waals surface area contributed by atoms with Gasteiger partial charge in [0.2, 0.25) is 5.69 Å². The molecule has 0 unspecified atom stereocenters. The molecular formula is C18H14N3O3+. The van der Waals surface area contributed by atoms with E-state index in [4.69, 9.17) is 4.74 Å². The molecule has 0 saturated heterocycles. The first kappa shape index (κ1) is 14.3. The first-order valence-electron chi connectivity index (χ1n) is 7.62. The van der Waals surface area contributed by atoms with Crippen molar-refractivity contribution in [2.45, 2.75) is 6.92 Å². The van der Waals surface area contributed by atoms with Gasteiger partial charge in [0.05, 0.1) is 12.8 Å². The highest BCUT2D eigenvalue weighted by Crippen LogP contribution is 2.24. The van der Waals surface area contributed by atoms with Crippen LogP contribution in [0.2, 0.25) is 0 Å². The fourth-order valence-corrected chi connectivity index (χ4v) is 2.82. The maximum atomic E-state index is 12.8. The lowest BCUT2D eigenvalue weighted by atomic mass is 10.2. The molecule has 0 bridgehead atoms. The van der Waals surface area contributed by atoms with Gasteiger partial charge in [0.25, 0.3) is 0 Å². The topological polar surface area (TPSA) is 63.4 Å². The predicted octanol–water partition coefficient (Wildman–Crippen LogP) is 2.55. The maximum Gasteiger partial charge on any atom is 0.512 e. The SMILES string of the molecule is CCOc1ccc(N2C(=O)c3cnc4ccccc4[n+]3C2=O)cc1. The van der Waals surface area contributed by atoms with Gasteiger partial charge in [0, 0.05) is 0 Å². The monoisotopic (exact) mass is 320 g/mol. The van der Waals surface area contributed by atoms with Crippen LogP contribution in [0.1, 0.15) is 17.4 Å². The average molecular weight is 320 g/mol. The minimum atomic E-state index is -0.405. The number of fused-ring (bicyclic) bond motifs is 3. The molecule has 1 aliphatic rings. The van der Waals surface area contributed by atoms with E-state index in [-0.39, 0.29) is 11.6 Å².